The molecule has 1 aromatic heterocycles. The van der Waals surface area contributed by atoms with Gasteiger partial charge in [0.2, 0.25) is 5.43 Å². The summed E-state index contributed by atoms with van der Waals surface area (Å²) in [6.07, 6.45) is 4.60. The Balaban J connectivity index is 1.55. The molecule has 2 amide bonds. The Morgan fingerprint density at radius 1 is 1.19 bits per heavy atom. The highest BCUT2D eigenvalue weighted by molar-refractivity contribution is 7.95. The number of carbonyl (C=O) groups excluding carboxylic acids is 2. The van der Waals surface area contributed by atoms with Crippen LogP contribution < -0.4 is 10.7 Å². The molecule has 1 unspecified atom stereocenters. The Labute approximate surface area is 208 Å². The number of nitrogens with one attached hydrogen (secondary N) is 1. The maximum absolute atomic E-state index is 13.9. The molecule has 0 saturated carbocycles. The van der Waals surface area contributed by atoms with E-state index in [0.29, 0.717) is 24.3 Å². The molecule has 9 nitrogen and oxygen atoms in total. The number of rotatable bonds is 3. The van der Waals surface area contributed by atoms with Crippen LogP contribution in [0.4, 0.5) is 13.2 Å². The summed E-state index contributed by atoms with van der Waals surface area (Å²) in [6, 6.07) is -0.0796. The molecule has 2 atom stereocenters. The van der Waals surface area contributed by atoms with Gasteiger partial charge < -0.3 is 19.9 Å². The second-order valence-corrected chi connectivity index (χ2v) is 11.1. The minimum absolute atomic E-state index is 0.00124. The SMILES string of the molecule is CC1CC=CC2=C1N1C[C@H](CS2(=O)=O)n2cc(C(=O)NCc3c(F)cc(F)cc3F)c(=O)c(O)c2C1=O. The Morgan fingerprint density at radius 2 is 1.86 bits per heavy atom. The van der Waals surface area contributed by atoms with Crippen molar-refractivity contribution in [1.82, 2.24) is 14.8 Å². The molecule has 194 valence electrons. The summed E-state index contributed by atoms with van der Waals surface area (Å²) in [7, 11) is -3.88. The van der Waals surface area contributed by atoms with E-state index in [9.17, 15) is 41.1 Å². The van der Waals surface area contributed by atoms with Crippen molar-refractivity contribution in [3.63, 3.8) is 0 Å². The molecule has 37 heavy (non-hydrogen) atoms. The average molecular weight is 536 g/mol. The van der Waals surface area contributed by atoms with Gasteiger partial charge in [0.1, 0.15) is 23.0 Å². The maximum Gasteiger partial charge on any atom is 0.278 e. The van der Waals surface area contributed by atoms with E-state index < -0.39 is 85.4 Å². The van der Waals surface area contributed by atoms with E-state index in [0.717, 1.165) is 10.8 Å². The Bertz CT molecular complexity index is 1590. The number of benzene rings is 1. The van der Waals surface area contributed by atoms with Crippen LogP contribution in [-0.4, -0.2) is 47.1 Å². The Hall–Kier alpha value is -3.87. The number of hydrogen-bond donors (Lipinski definition) is 2. The number of nitrogens with zero attached hydrogens (tertiary/aromatic N) is 2. The zero-order valence-corrected chi connectivity index (χ0v) is 20.1. The fourth-order valence-corrected chi connectivity index (χ4v) is 6.85. The lowest BCUT2D eigenvalue weighted by Crippen LogP contribution is -2.45. The van der Waals surface area contributed by atoms with E-state index in [1.807, 2.05) is 0 Å². The van der Waals surface area contributed by atoms with E-state index in [-0.39, 0.29) is 17.4 Å². The van der Waals surface area contributed by atoms with E-state index in [1.54, 1.807) is 13.0 Å². The van der Waals surface area contributed by atoms with Crippen molar-refractivity contribution in [1.29, 1.82) is 0 Å². The van der Waals surface area contributed by atoms with Crippen molar-refractivity contribution in [2.45, 2.75) is 25.9 Å². The summed E-state index contributed by atoms with van der Waals surface area (Å²) in [6.45, 7) is 0.950. The molecule has 5 rings (SSSR count). The van der Waals surface area contributed by atoms with Gasteiger partial charge in [-0.3, -0.25) is 14.4 Å². The van der Waals surface area contributed by atoms with Crippen LogP contribution in [0.5, 0.6) is 5.75 Å². The molecule has 0 fully saturated rings. The fourth-order valence-electron chi connectivity index (χ4n) is 4.96. The van der Waals surface area contributed by atoms with Gasteiger partial charge in [0.25, 0.3) is 11.8 Å². The Morgan fingerprint density at radius 3 is 2.54 bits per heavy atom. The van der Waals surface area contributed by atoms with Crippen LogP contribution in [0.25, 0.3) is 0 Å². The number of aromatic nitrogens is 1. The predicted molar refractivity (Wildman–Crippen MR) is 124 cm³/mol. The molecule has 2 aromatic rings. The molecule has 2 aliphatic heterocycles. The summed E-state index contributed by atoms with van der Waals surface area (Å²) in [5, 5.41) is 12.8. The van der Waals surface area contributed by atoms with E-state index in [4.69, 9.17) is 0 Å². The van der Waals surface area contributed by atoms with Gasteiger partial charge in [-0.15, -0.1) is 0 Å². The molecule has 2 bridgehead atoms. The van der Waals surface area contributed by atoms with Crippen molar-refractivity contribution in [3.05, 3.63) is 85.6 Å². The normalized spacial score (nSPS) is 21.8. The molecule has 3 heterocycles. The fraction of sp³-hybridized carbons (Fsp3) is 0.292. The lowest BCUT2D eigenvalue weighted by molar-refractivity contribution is 0.0712. The zero-order valence-electron chi connectivity index (χ0n) is 19.3. The van der Waals surface area contributed by atoms with Gasteiger partial charge in [-0.2, -0.15) is 0 Å². The molecule has 2 N–H and O–H groups in total. The first kappa shape index (κ1) is 24.8. The zero-order chi connectivity index (χ0) is 26.8. The Kier molecular flexibility index (Phi) is 5.77. The molecule has 0 saturated heterocycles. The number of sulfone groups is 1. The predicted octanol–water partition coefficient (Wildman–Crippen LogP) is 2.13. The van der Waals surface area contributed by atoms with Crippen LogP contribution in [0.1, 0.15) is 45.8 Å². The minimum Gasteiger partial charge on any atom is -0.503 e. The lowest BCUT2D eigenvalue weighted by atomic mass is 9.96. The molecular weight excluding hydrogens is 515 g/mol. The van der Waals surface area contributed by atoms with Crippen LogP contribution in [0, 0.1) is 23.4 Å². The quantitative estimate of drug-likeness (QED) is 0.621. The number of allylic oxidation sites excluding steroid dienone is 3. The summed E-state index contributed by atoms with van der Waals surface area (Å²) in [5.41, 5.74) is -2.71. The van der Waals surface area contributed by atoms with E-state index >= 15 is 0 Å². The number of halogens is 3. The van der Waals surface area contributed by atoms with Gasteiger partial charge in [0, 0.05) is 48.6 Å². The molecule has 1 aliphatic carbocycles. The molecule has 0 radical (unpaired) electrons. The highest BCUT2D eigenvalue weighted by Gasteiger charge is 2.44. The molecule has 1 aromatic carbocycles. The van der Waals surface area contributed by atoms with Gasteiger partial charge in [-0.25, -0.2) is 21.6 Å². The van der Waals surface area contributed by atoms with Gasteiger partial charge >= 0.3 is 0 Å². The summed E-state index contributed by atoms with van der Waals surface area (Å²) in [4.78, 5) is 40.3. The lowest BCUT2D eigenvalue weighted by Gasteiger charge is -2.37. The monoisotopic (exact) mass is 535 g/mol. The number of pyridine rings is 1. The average Bonchev–Trinajstić information content (AvgIpc) is 2.92. The first-order chi connectivity index (χ1) is 17.4. The second kappa shape index (κ2) is 8.61. The summed E-state index contributed by atoms with van der Waals surface area (Å²) in [5.74, 6) is -7.41. The minimum atomic E-state index is -3.88. The molecular formula is C24H20F3N3O6S. The van der Waals surface area contributed by atoms with E-state index in [2.05, 4.69) is 5.32 Å². The van der Waals surface area contributed by atoms with Crippen molar-refractivity contribution in [2.24, 2.45) is 5.92 Å². The van der Waals surface area contributed by atoms with Gasteiger partial charge in [-0.05, 0) is 12.5 Å². The smallest absolute Gasteiger partial charge is 0.278 e. The van der Waals surface area contributed by atoms with Gasteiger partial charge in [0.05, 0.1) is 16.7 Å². The first-order valence-electron chi connectivity index (χ1n) is 11.3. The first-order valence-corrected chi connectivity index (χ1v) is 12.9. The highest BCUT2D eigenvalue weighted by atomic mass is 32.2. The summed E-state index contributed by atoms with van der Waals surface area (Å²) < 4.78 is 68.5. The van der Waals surface area contributed by atoms with Crippen LogP contribution in [0.15, 0.2) is 45.9 Å². The molecule has 3 aliphatic rings. The topological polar surface area (TPSA) is 126 Å². The standard InChI is InChI=1S/C24H20F3N3O6S/c1-11-3-2-4-18-19(11)30-8-13(10-37(18,35)36)29-9-15(21(31)22(32)20(29)24(30)34)23(33)28-7-14-16(26)5-12(25)6-17(14)27/h2,4-6,9,11,13,32H,3,7-8,10H2,1H3,(H,28,33)/t11?,13-/m1/s1. The third-order valence-corrected chi connectivity index (χ3v) is 8.58. The largest absolute Gasteiger partial charge is 0.503 e. The highest BCUT2D eigenvalue weighted by Crippen LogP contribution is 2.40. The number of aromatic hydroxyl groups is 1. The third-order valence-electron chi connectivity index (χ3n) is 6.74. The van der Waals surface area contributed by atoms with Gasteiger partial charge in [-0.1, -0.05) is 13.0 Å². The molecule has 0 spiro atoms. The maximum atomic E-state index is 13.9. The van der Waals surface area contributed by atoms with Crippen LogP contribution >= 0.6 is 0 Å². The van der Waals surface area contributed by atoms with Crippen LogP contribution in [-0.2, 0) is 16.4 Å². The number of fused-ring (bicyclic) bond motifs is 5. The van der Waals surface area contributed by atoms with Crippen molar-refractivity contribution >= 4 is 21.7 Å². The van der Waals surface area contributed by atoms with Crippen molar-refractivity contribution in [2.75, 3.05) is 12.3 Å². The van der Waals surface area contributed by atoms with Crippen LogP contribution in [0.2, 0.25) is 0 Å². The van der Waals surface area contributed by atoms with E-state index in [1.165, 1.54) is 11.0 Å². The molecule has 13 heteroatoms. The van der Waals surface area contributed by atoms with Crippen molar-refractivity contribution < 1.29 is 36.3 Å². The number of carbonyl (C=O) groups is 2. The van der Waals surface area contributed by atoms with Gasteiger partial charge in [0.15, 0.2) is 21.3 Å². The van der Waals surface area contributed by atoms with Crippen LogP contribution in [0.3, 0.4) is 0 Å². The number of hydrogen-bond acceptors (Lipinski definition) is 6. The number of amides is 2. The second-order valence-electron chi connectivity index (χ2n) is 9.15. The summed E-state index contributed by atoms with van der Waals surface area (Å²) >= 11 is 0. The third kappa shape index (κ3) is 3.93. The van der Waals surface area contributed by atoms with Crippen molar-refractivity contribution in [3.8, 4) is 5.75 Å².